The Balaban J connectivity index is 1.18. The van der Waals surface area contributed by atoms with Gasteiger partial charge in [-0.25, -0.2) is 4.98 Å². The lowest BCUT2D eigenvalue weighted by atomic mass is 10.1. The molecule has 5 aromatic rings. The molecule has 0 spiro atoms. The molecule has 216 valence electrons. The summed E-state index contributed by atoms with van der Waals surface area (Å²) in [5.74, 6) is -0.672. The lowest BCUT2D eigenvalue weighted by Crippen LogP contribution is -2.30. The molecule has 2 heterocycles. The number of carbonyl (C=O) groups is 3. The molecule has 0 fully saturated rings. The topological polar surface area (TPSA) is 113 Å². The Morgan fingerprint density at radius 3 is 2.35 bits per heavy atom. The largest absolute Gasteiger partial charge is 0.465 e. The standard InChI is InChI=1S/C33H28N4O4S2/c1-21-10-12-23(13-11-21)29-20-42-33(36-29)37-30(38)22(2)43-27-16-14-25(15-17-27)34-32(40)28(19-26-9-6-18-41-26)35-31(39)24-7-4-3-5-8-24/h3-20,22H,1-2H3,(H,34,40)(H,35,39)(H,36,37,38)/b28-19-. The van der Waals surface area contributed by atoms with Crippen molar-refractivity contribution in [2.45, 2.75) is 24.0 Å². The van der Waals surface area contributed by atoms with E-state index in [-0.39, 0.29) is 16.9 Å². The fourth-order valence-corrected chi connectivity index (χ4v) is 5.52. The number of furan rings is 1. The van der Waals surface area contributed by atoms with E-state index in [9.17, 15) is 14.4 Å². The van der Waals surface area contributed by atoms with Crippen LogP contribution in [0.15, 0.2) is 118 Å². The quantitative estimate of drug-likeness (QED) is 0.114. The number of hydrogen-bond donors (Lipinski definition) is 3. The summed E-state index contributed by atoms with van der Waals surface area (Å²) in [5, 5.41) is 10.5. The zero-order chi connectivity index (χ0) is 30.2. The number of benzene rings is 3. The summed E-state index contributed by atoms with van der Waals surface area (Å²) >= 11 is 2.77. The number of nitrogens with one attached hydrogen (secondary N) is 3. The lowest BCUT2D eigenvalue weighted by Gasteiger charge is -2.13. The molecule has 0 saturated carbocycles. The molecule has 10 heteroatoms. The van der Waals surface area contributed by atoms with Crippen LogP contribution in [-0.2, 0) is 9.59 Å². The number of anilines is 2. The van der Waals surface area contributed by atoms with Gasteiger partial charge in [-0.2, -0.15) is 0 Å². The summed E-state index contributed by atoms with van der Waals surface area (Å²) < 4.78 is 5.34. The number of nitrogens with zero attached hydrogens (tertiary/aromatic N) is 1. The van der Waals surface area contributed by atoms with Gasteiger partial charge in [0.05, 0.1) is 17.2 Å². The van der Waals surface area contributed by atoms with Gasteiger partial charge in [0.2, 0.25) is 5.91 Å². The molecule has 0 saturated heterocycles. The van der Waals surface area contributed by atoms with Crippen molar-refractivity contribution in [1.29, 1.82) is 0 Å². The fourth-order valence-electron chi connectivity index (χ4n) is 3.93. The SMILES string of the molecule is Cc1ccc(-c2csc(NC(=O)C(C)Sc3ccc(NC(=O)/C(=C/c4ccco4)NC(=O)c4ccccc4)cc3)n2)cc1. The van der Waals surface area contributed by atoms with Crippen molar-refractivity contribution >= 4 is 57.7 Å². The molecule has 1 atom stereocenters. The van der Waals surface area contributed by atoms with Crippen molar-refractivity contribution in [3.63, 3.8) is 0 Å². The van der Waals surface area contributed by atoms with Crippen molar-refractivity contribution < 1.29 is 18.8 Å². The Morgan fingerprint density at radius 1 is 0.907 bits per heavy atom. The summed E-state index contributed by atoms with van der Waals surface area (Å²) in [6.07, 6.45) is 2.95. The van der Waals surface area contributed by atoms with Crippen molar-refractivity contribution in [3.8, 4) is 11.3 Å². The summed E-state index contributed by atoms with van der Waals surface area (Å²) in [6.45, 7) is 3.86. The van der Waals surface area contributed by atoms with Crippen molar-refractivity contribution in [2.75, 3.05) is 10.6 Å². The van der Waals surface area contributed by atoms with Gasteiger partial charge in [0.15, 0.2) is 5.13 Å². The second-order valence-electron chi connectivity index (χ2n) is 9.53. The molecule has 0 bridgehead atoms. The molecule has 3 aromatic carbocycles. The molecule has 2 aromatic heterocycles. The number of aromatic nitrogens is 1. The van der Waals surface area contributed by atoms with E-state index in [0.717, 1.165) is 16.2 Å². The number of thioether (sulfide) groups is 1. The smallest absolute Gasteiger partial charge is 0.272 e. The third-order valence-electron chi connectivity index (χ3n) is 6.23. The minimum Gasteiger partial charge on any atom is -0.465 e. The van der Waals surface area contributed by atoms with Gasteiger partial charge in [-0.1, -0.05) is 48.0 Å². The van der Waals surface area contributed by atoms with Gasteiger partial charge < -0.3 is 20.4 Å². The molecule has 0 radical (unpaired) electrons. The van der Waals surface area contributed by atoms with Gasteiger partial charge in [-0.3, -0.25) is 14.4 Å². The molecular weight excluding hydrogens is 581 g/mol. The van der Waals surface area contributed by atoms with Crippen LogP contribution in [0.25, 0.3) is 17.3 Å². The zero-order valence-corrected chi connectivity index (χ0v) is 25.0. The van der Waals surface area contributed by atoms with Crippen LogP contribution >= 0.6 is 23.1 Å². The van der Waals surface area contributed by atoms with Crippen LogP contribution in [0.3, 0.4) is 0 Å². The monoisotopic (exact) mass is 608 g/mol. The van der Waals surface area contributed by atoms with Gasteiger partial charge >= 0.3 is 0 Å². The first-order chi connectivity index (χ1) is 20.8. The van der Waals surface area contributed by atoms with Gasteiger partial charge in [0, 0.05) is 33.2 Å². The third-order valence-corrected chi connectivity index (χ3v) is 8.10. The predicted molar refractivity (Wildman–Crippen MR) is 172 cm³/mol. The van der Waals surface area contributed by atoms with E-state index in [1.54, 1.807) is 54.6 Å². The average Bonchev–Trinajstić information content (AvgIpc) is 3.71. The average molecular weight is 609 g/mol. The molecule has 3 amide bonds. The lowest BCUT2D eigenvalue weighted by molar-refractivity contribution is -0.115. The molecule has 43 heavy (non-hydrogen) atoms. The molecule has 8 nitrogen and oxygen atoms in total. The minimum atomic E-state index is -0.512. The highest BCUT2D eigenvalue weighted by molar-refractivity contribution is 8.00. The Labute approximate surface area is 257 Å². The van der Waals surface area contributed by atoms with Crippen molar-refractivity contribution in [3.05, 3.63) is 125 Å². The Bertz CT molecular complexity index is 1730. The van der Waals surface area contributed by atoms with Gasteiger partial charge in [0.25, 0.3) is 11.8 Å². The number of aryl methyl sites for hydroxylation is 1. The molecule has 0 aliphatic rings. The maximum Gasteiger partial charge on any atom is 0.272 e. The zero-order valence-electron chi connectivity index (χ0n) is 23.4. The number of rotatable bonds is 10. The molecule has 5 rings (SSSR count). The number of carbonyl (C=O) groups excluding carboxylic acids is 3. The normalized spacial score (nSPS) is 11.9. The van der Waals surface area contributed by atoms with E-state index in [1.165, 1.54) is 41.0 Å². The third kappa shape index (κ3) is 8.09. The second-order valence-corrected chi connectivity index (χ2v) is 11.8. The molecular formula is C33H28N4O4S2. The Kier molecular flexibility index (Phi) is 9.50. The van der Waals surface area contributed by atoms with Crippen LogP contribution in [0.1, 0.15) is 28.6 Å². The maximum absolute atomic E-state index is 13.1. The van der Waals surface area contributed by atoms with Gasteiger partial charge in [-0.05, 0) is 62.4 Å². The highest BCUT2D eigenvalue weighted by Gasteiger charge is 2.18. The van der Waals surface area contributed by atoms with E-state index < -0.39 is 11.8 Å². The van der Waals surface area contributed by atoms with E-state index in [0.29, 0.717) is 22.1 Å². The van der Waals surface area contributed by atoms with Gasteiger partial charge in [0.1, 0.15) is 11.5 Å². The van der Waals surface area contributed by atoms with Crippen LogP contribution in [0.4, 0.5) is 10.8 Å². The maximum atomic E-state index is 13.1. The first-order valence-electron chi connectivity index (χ1n) is 13.4. The summed E-state index contributed by atoms with van der Waals surface area (Å²) in [6, 6.07) is 27.2. The van der Waals surface area contributed by atoms with Crippen LogP contribution in [-0.4, -0.2) is 28.0 Å². The molecule has 1 unspecified atom stereocenters. The van der Waals surface area contributed by atoms with Gasteiger partial charge in [-0.15, -0.1) is 23.1 Å². The number of hydrogen-bond acceptors (Lipinski definition) is 7. The van der Waals surface area contributed by atoms with Crippen molar-refractivity contribution in [1.82, 2.24) is 10.3 Å². The fraction of sp³-hybridized carbons (Fsp3) is 0.0909. The van der Waals surface area contributed by atoms with Crippen molar-refractivity contribution in [2.24, 2.45) is 0 Å². The first-order valence-corrected chi connectivity index (χ1v) is 15.1. The number of amides is 3. The second kappa shape index (κ2) is 13.8. The van der Waals surface area contributed by atoms with Crippen LogP contribution in [0.5, 0.6) is 0 Å². The van der Waals surface area contributed by atoms with Crippen LogP contribution < -0.4 is 16.0 Å². The van der Waals surface area contributed by atoms with E-state index in [4.69, 9.17) is 4.42 Å². The summed E-state index contributed by atoms with van der Waals surface area (Å²) in [7, 11) is 0. The Morgan fingerprint density at radius 2 is 1.65 bits per heavy atom. The summed E-state index contributed by atoms with van der Waals surface area (Å²) in [4.78, 5) is 44.1. The van der Waals surface area contributed by atoms with E-state index >= 15 is 0 Å². The number of thiazole rings is 1. The first kappa shape index (κ1) is 29.6. The van der Waals surface area contributed by atoms with E-state index in [1.807, 2.05) is 55.6 Å². The van der Waals surface area contributed by atoms with E-state index in [2.05, 4.69) is 20.9 Å². The minimum absolute atomic E-state index is 0.0280. The van der Waals surface area contributed by atoms with Crippen LogP contribution in [0.2, 0.25) is 0 Å². The predicted octanol–water partition coefficient (Wildman–Crippen LogP) is 7.24. The molecule has 0 aliphatic heterocycles. The highest BCUT2D eigenvalue weighted by Crippen LogP contribution is 2.28. The Hall–Kier alpha value is -4.93. The molecule has 0 aliphatic carbocycles. The summed E-state index contributed by atoms with van der Waals surface area (Å²) in [5.41, 5.74) is 3.96. The van der Waals surface area contributed by atoms with Crippen LogP contribution in [0, 0.1) is 6.92 Å². The molecule has 3 N–H and O–H groups in total. The highest BCUT2D eigenvalue weighted by atomic mass is 32.2.